The van der Waals surface area contributed by atoms with E-state index in [2.05, 4.69) is 38.5 Å². The average molecular weight is 361 g/mol. The van der Waals surface area contributed by atoms with Gasteiger partial charge in [-0.15, -0.1) is 0 Å². The fraction of sp³-hybridized carbons (Fsp3) is 0.421. The molecule has 0 amide bonds. The van der Waals surface area contributed by atoms with Crippen molar-refractivity contribution in [3.8, 4) is 6.07 Å². The molecule has 4 heterocycles. The topological polar surface area (TPSA) is 107 Å². The number of nitriles is 1. The number of benzene rings is 1. The molecular weight excluding hydrogens is 342 g/mol. The standard InChI is InChI=1S/C19H19N7O/c1-26-7-5-11(6-8-26)17-13(9-20)16(14-10-21-23-19(14)22-17)12-3-2-4-15-18(12)25-27-24-15/h2-4,10-11,13,16H,5-8H2,1H3,(H,21,23). The van der Waals surface area contributed by atoms with Crippen molar-refractivity contribution in [2.75, 3.05) is 20.1 Å². The van der Waals surface area contributed by atoms with E-state index >= 15 is 0 Å². The number of likely N-dealkylation sites (tertiary alicyclic amines) is 1. The van der Waals surface area contributed by atoms with Crippen LogP contribution in [0.15, 0.2) is 34.0 Å². The number of nitrogens with one attached hydrogen (secondary N) is 1. The smallest absolute Gasteiger partial charge is 0.151 e. The zero-order valence-corrected chi connectivity index (χ0v) is 15.0. The van der Waals surface area contributed by atoms with Crippen LogP contribution >= 0.6 is 0 Å². The molecule has 27 heavy (non-hydrogen) atoms. The van der Waals surface area contributed by atoms with Crippen molar-refractivity contribution in [1.82, 2.24) is 25.4 Å². The molecule has 0 spiro atoms. The second kappa shape index (κ2) is 6.28. The van der Waals surface area contributed by atoms with E-state index in [0.717, 1.165) is 48.6 Å². The maximum atomic E-state index is 10.1. The Kier molecular flexibility index (Phi) is 3.76. The molecule has 136 valence electrons. The van der Waals surface area contributed by atoms with E-state index in [1.807, 2.05) is 18.2 Å². The van der Waals surface area contributed by atoms with Crippen LogP contribution in [-0.2, 0) is 0 Å². The van der Waals surface area contributed by atoms with Gasteiger partial charge in [-0.05, 0) is 54.9 Å². The van der Waals surface area contributed by atoms with E-state index in [1.54, 1.807) is 6.20 Å². The van der Waals surface area contributed by atoms with Crippen LogP contribution in [0.4, 0.5) is 5.82 Å². The third-order valence-corrected chi connectivity index (χ3v) is 5.80. The first kappa shape index (κ1) is 16.1. The quantitative estimate of drug-likeness (QED) is 0.752. The van der Waals surface area contributed by atoms with Gasteiger partial charge in [-0.1, -0.05) is 12.1 Å². The van der Waals surface area contributed by atoms with Crippen molar-refractivity contribution < 1.29 is 4.63 Å². The van der Waals surface area contributed by atoms with Crippen LogP contribution in [-0.4, -0.2) is 51.3 Å². The van der Waals surface area contributed by atoms with Crippen LogP contribution in [0, 0.1) is 23.2 Å². The molecule has 1 aromatic carbocycles. The number of aromatic nitrogens is 4. The zero-order valence-electron chi connectivity index (χ0n) is 15.0. The molecule has 2 aliphatic heterocycles. The van der Waals surface area contributed by atoms with Crippen LogP contribution < -0.4 is 0 Å². The van der Waals surface area contributed by atoms with E-state index in [0.29, 0.717) is 17.0 Å². The predicted molar refractivity (Wildman–Crippen MR) is 98.7 cm³/mol. The van der Waals surface area contributed by atoms with Gasteiger partial charge in [0.2, 0.25) is 0 Å². The van der Waals surface area contributed by atoms with Gasteiger partial charge in [-0.25, -0.2) is 9.62 Å². The molecule has 2 aromatic heterocycles. The lowest BCUT2D eigenvalue weighted by Gasteiger charge is -2.35. The van der Waals surface area contributed by atoms with Gasteiger partial charge in [0.05, 0.1) is 18.2 Å². The summed E-state index contributed by atoms with van der Waals surface area (Å²) < 4.78 is 4.95. The number of nitrogens with zero attached hydrogens (tertiary/aromatic N) is 6. The number of hydrogen-bond acceptors (Lipinski definition) is 7. The molecule has 3 aromatic rings. The summed E-state index contributed by atoms with van der Waals surface area (Å²) in [4.78, 5) is 7.17. The van der Waals surface area contributed by atoms with E-state index in [9.17, 15) is 5.26 Å². The third-order valence-electron chi connectivity index (χ3n) is 5.80. The zero-order chi connectivity index (χ0) is 18.4. The molecule has 2 aliphatic rings. The number of hydrogen-bond donors (Lipinski definition) is 1. The van der Waals surface area contributed by atoms with Gasteiger partial charge < -0.3 is 4.90 Å². The summed E-state index contributed by atoms with van der Waals surface area (Å²) in [5.41, 5.74) is 4.20. The Hall–Kier alpha value is -3.05. The minimum absolute atomic E-state index is 0.188. The average Bonchev–Trinajstić information content (AvgIpc) is 3.36. The molecular formula is C19H19N7O. The largest absolute Gasteiger partial charge is 0.306 e. The summed E-state index contributed by atoms with van der Waals surface area (Å²) in [5.74, 6) is 0.505. The Morgan fingerprint density at radius 2 is 2.07 bits per heavy atom. The number of rotatable bonds is 2. The fourth-order valence-electron chi connectivity index (χ4n) is 4.37. The molecule has 0 saturated carbocycles. The van der Waals surface area contributed by atoms with E-state index < -0.39 is 0 Å². The van der Waals surface area contributed by atoms with Crippen molar-refractivity contribution in [3.05, 3.63) is 35.5 Å². The molecule has 0 radical (unpaired) electrons. The van der Waals surface area contributed by atoms with Gasteiger partial charge in [0.1, 0.15) is 11.0 Å². The van der Waals surface area contributed by atoms with E-state index in [4.69, 9.17) is 9.62 Å². The van der Waals surface area contributed by atoms with Gasteiger partial charge in [0.25, 0.3) is 0 Å². The number of fused-ring (bicyclic) bond motifs is 2. The highest BCUT2D eigenvalue weighted by Gasteiger charge is 2.40. The summed E-state index contributed by atoms with van der Waals surface area (Å²) in [7, 11) is 2.13. The highest BCUT2D eigenvalue weighted by Crippen LogP contribution is 2.45. The number of aromatic amines is 1. The maximum Gasteiger partial charge on any atom is 0.151 e. The highest BCUT2D eigenvalue weighted by atomic mass is 16.6. The summed E-state index contributed by atoms with van der Waals surface area (Å²) in [5, 5.41) is 25.4. The van der Waals surface area contributed by atoms with Crippen LogP contribution in [0.2, 0.25) is 0 Å². The van der Waals surface area contributed by atoms with Crippen molar-refractivity contribution in [2.24, 2.45) is 16.8 Å². The first-order chi connectivity index (χ1) is 13.3. The van der Waals surface area contributed by atoms with Crippen molar-refractivity contribution in [3.63, 3.8) is 0 Å². The Balaban J connectivity index is 1.64. The molecule has 2 unspecified atom stereocenters. The normalized spacial score (nSPS) is 23.8. The van der Waals surface area contributed by atoms with Crippen molar-refractivity contribution in [2.45, 2.75) is 18.8 Å². The van der Waals surface area contributed by atoms with Crippen LogP contribution in [0.5, 0.6) is 0 Å². The summed E-state index contributed by atoms with van der Waals surface area (Å²) in [6.07, 6.45) is 3.80. The first-order valence-corrected chi connectivity index (χ1v) is 9.17. The SMILES string of the molecule is CN1CCC(C2=Nc3[nH]ncc3C(c3cccc4nonc34)C2C#N)CC1. The molecule has 0 aliphatic carbocycles. The van der Waals surface area contributed by atoms with Crippen LogP contribution in [0.1, 0.15) is 29.9 Å². The van der Waals surface area contributed by atoms with Gasteiger partial charge >= 0.3 is 0 Å². The lowest BCUT2D eigenvalue weighted by atomic mass is 9.73. The Labute approximate surface area is 155 Å². The maximum absolute atomic E-state index is 10.1. The second-order valence-electron chi connectivity index (χ2n) is 7.35. The number of aliphatic imine (C=N–C) groups is 1. The monoisotopic (exact) mass is 361 g/mol. The Morgan fingerprint density at radius 3 is 2.89 bits per heavy atom. The molecule has 1 fully saturated rings. The fourth-order valence-corrected chi connectivity index (χ4v) is 4.37. The third kappa shape index (κ3) is 2.54. The van der Waals surface area contributed by atoms with Gasteiger partial charge in [0.15, 0.2) is 5.82 Å². The lowest BCUT2D eigenvalue weighted by molar-refractivity contribution is 0.249. The lowest BCUT2D eigenvalue weighted by Crippen LogP contribution is -2.38. The molecule has 1 N–H and O–H groups in total. The number of H-pyrrole nitrogens is 1. The van der Waals surface area contributed by atoms with Crippen LogP contribution in [0.3, 0.4) is 0 Å². The minimum atomic E-state index is -0.356. The predicted octanol–water partition coefficient (Wildman–Crippen LogP) is 2.65. The Bertz CT molecular complexity index is 1050. The van der Waals surface area contributed by atoms with Gasteiger partial charge in [0, 0.05) is 23.1 Å². The van der Waals surface area contributed by atoms with E-state index in [1.165, 1.54) is 0 Å². The van der Waals surface area contributed by atoms with Crippen LogP contribution in [0.25, 0.3) is 11.0 Å². The second-order valence-corrected chi connectivity index (χ2v) is 7.35. The van der Waals surface area contributed by atoms with Gasteiger partial charge in [-0.3, -0.25) is 5.10 Å². The molecule has 8 nitrogen and oxygen atoms in total. The summed E-state index contributed by atoms with van der Waals surface area (Å²) in [6, 6.07) is 8.32. The minimum Gasteiger partial charge on any atom is -0.306 e. The number of piperidine rings is 1. The summed E-state index contributed by atoms with van der Waals surface area (Å²) in [6.45, 7) is 2.04. The Morgan fingerprint density at radius 1 is 1.22 bits per heavy atom. The van der Waals surface area contributed by atoms with Crippen molar-refractivity contribution in [1.29, 1.82) is 5.26 Å². The molecule has 2 atom stereocenters. The van der Waals surface area contributed by atoms with E-state index in [-0.39, 0.29) is 11.8 Å². The molecule has 8 heteroatoms. The molecule has 5 rings (SSSR count). The van der Waals surface area contributed by atoms with Gasteiger partial charge in [-0.2, -0.15) is 10.4 Å². The van der Waals surface area contributed by atoms with Crippen molar-refractivity contribution >= 4 is 22.6 Å². The highest BCUT2D eigenvalue weighted by molar-refractivity contribution is 5.97. The molecule has 1 saturated heterocycles. The molecule has 0 bridgehead atoms. The first-order valence-electron chi connectivity index (χ1n) is 9.17. The summed E-state index contributed by atoms with van der Waals surface area (Å²) >= 11 is 0.